The van der Waals surface area contributed by atoms with Crippen molar-refractivity contribution in [3.63, 3.8) is 0 Å². The van der Waals surface area contributed by atoms with E-state index in [1.54, 1.807) is 35.2 Å². The minimum Gasteiger partial charge on any atom is -0.337 e. The first-order chi connectivity index (χ1) is 11.9. The van der Waals surface area contributed by atoms with Crippen LogP contribution in [0.1, 0.15) is 21.7 Å². The third kappa shape index (κ3) is 4.06. The molecule has 0 saturated carbocycles. The van der Waals surface area contributed by atoms with Crippen LogP contribution in [0.3, 0.4) is 0 Å². The molecule has 5 nitrogen and oxygen atoms in total. The number of carbonyl (C=O) groups is 1. The second-order valence-corrected chi connectivity index (χ2v) is 9.81. The van der Waals surface area contributed by atoms with Gasteiger partial charge in [-0.05, 0) is 49.7 Å². The van der Waals surface area contributed by atoms with Gasteiger partial charge >= 0.3 is 0 Å². The Morgan fingerprint density at radius 1 is 1.04 bits per heavy atom. The van der Waals surface area contributed by atoms with Crippen molar-refractivity contribution < 1.29 is 13.2 Å². The van der Waals surface area contributed by atoms with E-state index >= 15 is 0 Å². The third-order valence-corrected chi connectivity index (χ3v) is 7.76. The lowest BCUT2D eigenvalue weighted by Crippen LogP contribution is -2.37. The highest BCUT2D eigenvalue weighted by molar-refractivity contribution is 7.91. The number of halogens is 1. The topological polar surface area (TPSA) is 57.7 Å². The number of rotatable bonds is 3. The van der Waals surface area contributed by atoms with Gasteiger partial charge in [0.15, 0.2) is 0 Å². The fourth-order valence-electron chi connectivity index (χ4n) is 2.79. The Labute approximate surface area is 156 Å². The molecule has 3 rings (SSSR count). The van der Waals surface area contributed by atoms with Crippen LogP contribution in [0.15, 0.2) is 40.6 Å². The lowest BCUT2D eigenvalue weighted by molar-refractivity contribution is 0.0764. The summed E-state index contributed by atoms with van der Waals surface area (Å²) in [5, 5.41) is 0.580. The first-order valence-electron chi connectivity index (χ1n) is 7.99. The third-order valence-electron chi connectivity index (χ3n) is 4.14. The zero-order chi connectivity index (χ0) is 18.0. The highest BCUT2D eigenvalue weighted by Gasteiger charge is 2.29. The maximum absolute atomic E-state index is 12.8. The monoisotopic (exact) mass is 398 g/mol. The molecule has 1 aliphatic heterocycles. The molecule has 0 aliphatic carbocycles. The summed E-state index contributed by atoms with van der Waals surface area (Å²) >= 11 is 7.14. The Morgan fingerprint density at radius 2 is 1.76 bits per heavy atom. The van der Waals surface area contributed by atoms with Crippen molar-refractivity contribution in [2.45, 2.75) is 17.6 Å². The van der Waals surface area contributed by atoms with E-state index in [1.165, 1.54) is 15.6 Å². The number of carbonyl (C=O) groups excluding carboxylic acids is 1. The van der Waals surface area contributed by atoms with Crippen LogP contribution >= 0.6 is 22.9 Å². The number of sulfonamides is 1. The maximum atomic E-state index is 12.8. The molecule has 0 atom stereocenters. The zero-order valence-corrected chi connectivity index (χ0v) is 16.2. The number of benzene rings is 1. The van der Waals surface area contributed by atoms with Gasteiger partial charge in [-0.3, -0.25) is 4.79 Å². The summed E-state index contributed by atoms with van der Waals surface area (Å²) in [6.07, 6.45) is 0.614. The minimum absolute atomic E-state index is 0.0946. The van der Waals surface area contributed by atoms with Gasteiger partial charge in [-0.2, -0.15) is 4.31 Å². The van der Waals surface area contributed by atoms with Crippen LogP contribution in [0, 0.1) is 6.92 Å². The molecule has 0 spiro atoms. The molecule has 1 fully saturated rings. The SMILES string of the molecule is Cc1ccc(S(=O)(=O)N2CCCN(C(=O)c3ccc(Cl)cc3)CC2)s1. The molecular weight excluding hydrogens is 380 g/mol. The Hall–Kier alpha value is -1.41. The Morgan fingerprint density at radius 3 is 2.40 bits per heavy atom. The summed E-state index contributed by atoms with van der Waals surface area (Å²) in [6.45, 7) is 3.53. The minimum atomic E-state index is -3.49. The smallest absolute Gasteiger partial charge is 0.253 e. The van der Waals surface area contributed by atoms with Crippen molar-refractivity contribution in [1.29, 1.82) is 0 Å². The highest BCUT2D eigenvalue weighted by Crippen LogP contribution is 2.25. The molecule has 0 radical (unpaired) electrons. The Kier molecular flexibility index (Phi) is 5.48. The van der Waals surface area contributed by atoms with Gasteiger partial charge in [0.05, 0.1) is 0 Å². The lowest BCUT2D eigenvalue weighted by atomic mass is 10.2. The number of nitrogens with zero attached hydrogens (tertiary/aromatic N) is 2. The largest absolute Gasteiger partial charge is 0.337 e. The molecule has 2 heterocycles. The van der Waals surface area contributed by atoms with E-state index < -0.39 is 10.0 Å². The van der Waals surface area contributed by atoms with Gasteiger partial charge in [0.2, 0.25) is 0 Å². The average molecular weight is 399 g/mol. The molecule has 2 aromatic rings. The fraction of sp³-hybridized carbons (Fsp3) is 0.353. The molecule has 134 valence electrons. The highest BCUT2D eigenvalue weighted by atomic mass is 35.5. The normalized spacial score (nSPS) is 16.6. The van der Waals surface area contributed by atoms with E-state index in [-0.39, 0.29) is 5.91 Å². The van der Waals surface area contributed by atoms with E-state index in [1.807, 2.05) is 13.0 Å². The van der Waals surface area contributed by atoms with Crippen LogP contribution in [-0.4, -0.2) is 49.7 Å². The predicted molar refractivity (Wildman–Crippen MR) is 99.8 cm³/mol. The molecule has 0 unspecified atom stereocenters. The number of amides is 1. The van der Waals surface area contributed by atoms with Gasteiger partial charge in [-0.1, -0.05) is 11.6 Å². The van der Waals surface area contributed by atoms with E-state index in [4.69, 9.17) is 11.6 Å². The lowest BCUT2D eigenvalue weighted by Gasteiger charge is -2.21. The number of thiophene rings is 1. The quantitative estimate of drug-likeness (QED) is 0.797. The van der Waals surface area contributed by atoms with Crippen LogP contribution in [0.5, 0.6) is 0 Å². The molecule has 1 aliphatic rings. The van der Waals surface area contributed by atoms with Crippen LogP contribution in [0.25, 0.3) is 0 Å². The predicted octanol–water partition coefficient (Wildman–Crippen LogP) is 3.25. The Bertz CT molecular complexity index is 862. The fourth-order valence-corrected chi connectivity index (χ4v) is 5.82. The zero-order valence-electron chi connectivity index (χ0n) is 13.8. The summed E-state index contributed by atoms with van der Waals surface area (Å²) in [7, 11) is -3.49. The maximum Gasteiger partial charge on any atom is 0.253 e. The summed E-state index contributed by atoms with van der Waals surface area (Å²) in [6, 6.07) is 10.2. The average Bonchev–Trinajstić information content (AvgIpc) is 2.88. The number of hydrogen-bond acceptors (Lipinski definition) is 4. The Balaban J connectivity index is 1.72. The number of hydrogen-bond donors (Lipinski definition) is 0. The molecule has 0 bridgehead atoms. The van der Waals surface area contributed by atoms with Crippen LogP contribution in [0.4, 0.5) is 0 Å². The van der Waals surface area contributed by atoms with Gasteiger partial charge in [-0.15, -0.1) is 11.3 Å². The van der Waals surface area contributed by atoms with Crippen LogP contribution in [0.2, 0.25) is 5.02 Å². The second-order valence-electron chi connectivity index (χ2n) is 5.92. The van der Waals surface area contributed by atoms with Crippen molar-refractivity contribution in [2.24, 2.45) is 0 Å². The molecule has 1 saturated heterocycles. The molecule has 1 aromatic heterocycles. The van der Waals surface area contributed by atoms with Crippen LogP contribution < -0.4 is 0 Å². The standard InChI is InChI=1S/C17H19ClN2O3S2/c1-13-3-8-16(24-13)25(22,23)20-10-2-9-19(11-12-20)17(21)14-4-6-15(18)7-5-14/h3-8H,2,9-12H2,1H3. The van der Waals surface area contributed by atoms with Crippen molar-refractivity contribution in [3.05, 3.63) is 51.9 Å². The molecule has 8 heteroatoms. The van der Waals surface area contributed by atoms with Gasteiger partial charge in [0.25, 0.3) is 15.9 Å². The number of aryl methyl sites for hydroxylation is 1. The molecule has 25 heavy (non-hydrogen) atoms. The molecule has 0 N–H and O–H groups in total. The van der Waals surface area contributed by atoms with Crippen molar-refractivity contribution >= 4 is 38.9 Å². The first kappa shape index (κ1) is 18.4. The van der Waals surface area contributed by atoms with Gasteiger partial charge in [0.1, 0.15) is 4.21 Å². The summed E-state index contributed by atoms with van der Waals surface area (Å²) in [4.78, 5) is 15.3. The first-order valence-corrected chi connectivity index (χ1v) is 10.6. The van der Waals surface area contributed by atoms with Gasteiger partial charge in [0, 0.05) is 41.6 Å². The summed E-state index contributed by atoms with van der Waals surface area (Å²) < 4.78 is 27.4. The van der Waals surface area contributed by atoms with E-state index in [2.05, 4.69) is 0 Å². The summed E-state index contributed by atoms with van der Waals surface area (Å²) in [5.74, 6) is -0.0946. The van der Waals surface area contributed by atoms with Crippen molar-refractivity contribution in [2.75, 3.05) is 26.2 Å². The molecular formula is C17H19ClN2O3S2. The van der Waals surface area contributed by atoms with E-state index in [0.29, 0.717) is 47.4 Å². The van der Waals surface area contributed by atoms with Gasteiger partial charge in [-0.25, -0.2) is 8.42 Å². The molecule has 1 aromatic carbocycles. The van der Waals surface area contributed by atoms with E-state index in [0.717, 1.165) is 4.88 Å². The van der Waals surface area contributed by atoms with Crippen molar-refractivity contribution in [1.82, 2.24) is 9.21 Å². The summed E-state index contributed by atoms with van der Waals surface area (Å²) in [5.41, 5.74) is 0.564. The van der Waals surface area contributed by atoms with Crippen molar-refractivity contribution in [3.8, 4) is 0 Å². The molecule has 1 amide bonds. The van der Waals surface area contributed by atoms with E-state index in [9.17, 15) is 13.2 Å². The van der Waals surface area contributed by atoms with Gasteiger partial charge < -0.3 is 4.90 Å². The second kappa shape index (κ2) is 7.45. The van der Waals surface area contributed by atoms with Crippen LogP contribution in [-0.2, 0) is 10.0 Å².